The van der Waals surface area contributed by atoms with Crippen LogP contribution >= 0.6 is 0 Å². The summed E-state index contributed by atoms with van der Waals surface area (Å²) >= 11 is 0. The number of hydrogen-bond acceptors (Lipinski definition) is 2. The van der Waals surface area contributed by atoms with Crippen molar-refractivity contribution < 1.29 is 14.7 Å². The summed E-state index contributed by atoms with van der Waals surface area (Å²) in [4.78, 5) is 22.8. The number of aryl methyl sites for hydroxylation is 1. The second-order valence-electron chi connectivity index (χ2n) is 4.89. The minimum Gasteiger partial charge on any atom is -0.481 e. The number of rotatable bonds is 5. The maximum Gasteiger partial charge on any atom is 0.319 e. The standard InChI is InChI=1S/C14H20N2O3/c1-4-14(3,12(17)18)9-15-13(19)16-11-7-5-10(2)6-8-11/h5-8H,4,9H2,1-3H3,(H,17,18)(H2,15,16,19). The molecule has 0 aromatic heterocycles. The lowest BCUT2D eigenvalue weighted by Crippen LogP contribution is -2.42. The molecule has 0 saturated heterocycles. The Balaban J connectivity index is 2.52. The fourth-order valence-electron chi connectivity index (χ4n) is 1.44. The molecule has 1 atom stereocenters. The van der Waals surface area contributed by atoms with E-state index in [1.807, 2.05) is 19.1 Å². The van der Waals surface area contributed by atoms with Crippen LogP contribution in [0.15, 0.2) is 24.3 Å². The molecule has 2 amide bonds. The van der Waals surface area contributed by atoms with Crippen molar-refractivity contribution in [2.45, 2.75) is 27.2 Å². The van der Waals surface area contributed by atoms with Crippen molar-refractivity contribution in [3.05, 3.63) is 29.8 Å². The van der Waals surface area contributed by atoms with Crippen molar-refractivity contribution in [2.24, 2.45) is 5.41 Å². The number of benzene rings is 1. The van der Waals surface area contributed by atoms with E-state index in [4.69, 9.17) is 5.11 Å². The van der Waals surface area contributed by atoms with Crippen molar-refractivity contribution in [2.75, 3.05) is 11.9 Å². The second kappa shape index (κ2) is 6.22. The van der Waals surface area contributed by atoms with E-state index < -0.39 is 17.4 Å². The molecule has 1 unspecified atom stereocenters. The molecule has 0 radical (unpaired) electrons. The van der Waals surface area contributed by atoms with Crippen LogP contribution in [0, 0.1) is 12.3 Å². The molecule has 1 aromatic carbocycles. The second-order valence-corrected chi connectivity index (χ2v) is 4.89. The third kappa shape index (κ3) is 4.28. The van der Waals surface area contributed by atoms with Gasteiger partial charge in [0.05, 0.1) is 5.41 Å². The molecular weight excluding hydrogens is 244 g/mol. The van der Waals surface area contributed by atoms with Gasteiger partial charge in [0.15, 0.2) is 0 Å². The molecule has 3 N–H and O–H groups in total. The summed E-state index contributed by atoms with van der Waals surface area (Å²) in [5.74, 6) is -0.911. The number of aliphatic carboxylic acids is 1. The summed E-state index contributed by atoms with van der Waals surface area (Å²) in [7, 11) is 0. The third-order valence-corrected chi connectivity index (χ3v) is 3.25. The lowest BCUT2D eigenvalue weighted by Gasteiger charge is -2.23. The molecule has 19 heavy (non-hydrogen) atoms. The van der Waals surface area contributed by atoms with E-state index in [2.05, 4.69) is 10.6 Å². The minimum absolute atomic E-state index is 0.0938. The van der Waals surface area contributed by atoms with Gasteiger partial charge in [-0.1, -0.05) is 24.6 Å². The highest BCUT2D eigenvalue weighted by molar-refractivity contribution is 5.89. The normalized spacial score (nSPS) is 13.4. The van der Waals surface area contributed by atoms with Crippen molar-refractivity contribution in [3.63, 3.8) is 0 Å². The molecule has 0 aliphatic carbocycles. The zero-order valence-corrected chi connectivity index (χ0v) is 11.5. The molecular formula is C14H20N2O3. The monoisotopic (exact) mass is 264 g/mol. The van der Waals surface area contributed by atoms with E-state index in [1.54, 1.807) is 26.0 Å². The van der Waals surface area contributed by atoms with Crippen LogP contribution in [0.2, 0.25) is 0 Å². The van der Waals surface area contributed by atoms with E-state index in [0.29, 0.717) is 12.1 Å². The number of carbonyl (C=O) groups is 2. The lowest BCUT2D eigenvalue weighted by atomic mass is 9.88. The summed E-state index contributed by atoms with van der Waals surface area (Å²) in [6.45, 7) is 5.45. The van der Waals surface area contributed by atoms with Gasteiger partial charge in [-0.15, -0.1) is 0 Å². The molecule has 0 saturated carbocycles. The van der Waals surface area contributed by atoms with Crippen LogP contribution < -0.4 is 10.6 Å². The maximum atomic E-state index is 11.7. The van der Waals surface area contributed by atoms with Crippen LogP contribution in [0.1, 0.15) is 25.8 Å². The molecule has 0 aliphatic rings. The third-order valence-electron chi connectivity index (χ3n) is 3.25. The zero-order valence-electron chi connectivity index (χ0n) is 11.5. The first-order chi connectivity index (χ1) is 8.87. The van der Waals surface area contributed by atoms with Crippen molar-refractivity contribution >= 4 is 17.7 Å². The topological polar surface area (TPSA) is 78.4 Å². The van der Waals surface area contributed by atoms with E-state index >= 15 is 0 Å². The largest absolute Gasteiger partial charge is 0.481 e. The Bertz CT molecular complexity index is 456. The highest BCUT2D eigenvalue weighted by Crippen LogP contribution is 2.19. The van der Waals surface area contributed by atoms with E-state index in [1.165, 1.54) is 0 Å². The van der Waals surface area contributed by atoms with Gasteiger partial charge in [0.25, 0.3) is 0 Å². The Labute approximate surface area is 113 Å². The number of anilines is 1. The molecule has 0 aliphatic heterocycles. The van der Waals surface area contributed by atoms with Gasteiger partial charge in [0, 0.05) is 12.2 Å². The fraction of sp³-hybridized carbons (Fsp3) is 0.429. The Morgan fingerprint density at radius 2 is 1.84 bits per heavy atom. The zero-order chi connectivity index (χ0) is 14.5. The summed E-state index contributed by atoms with van der Waals surface area (Å²) in [6, 6.07) is 6.98. The van der Waals surface area contributed by atoms with Gasteiger partial charge in [-0.2, -0.15) is 0 Å². The van der Waals surface area contributed by atoms with Gasteiger partial charge in [-0.25, -0.2) is 4.79 Å². The summed E-state index contributed by atoms with van der Waals surface area (Å²) in [5, 5.41) is 14.3. The summed E-state index contributed by atoms with van der Waals surface area (Å²) < 4.78 is 0. The fourth-order valence-corrected chi connectivity index (χ4v) is 1.44. The molecule has 0 fully saturated rings. The summed E-state index contributed by atoms with van der Waals surface area (Å²) in [5.41, 5.74) is 0.844. The Morgan fingerprint density at radius 1 is 1.26 bits per heavy atom. The van der Waals surface area contributed by atoms with Crippen LogP contribution in [0.4, 0.5) is 10.5 Å². The number of carboxylic acids is 1. The Morgan fingerprint density at radius 3 is 2.32 bits per heavy atom. The maximum absolute atomic E-state index is 11.7. The van der Waals surface area contributed by atoms with Gasteiger partial charge in [0.1, 0.15) is 0 Å². The van der Waals surface area contributed by atoms with E-state index in [-0.39, 0.29) is 6.54 Å². The SMILES string of the molecule is CCC(C)(CNC(=O)Nc1ccc(C)cc1)C(=O)O. The van der Waals surface area contributed by atoms with Crippen molar-refractivity contribution in [3.8, 4) is 0 Å². The predicted molar refractivity (Wildman–Crippen MR) is 74.2 cm³/mol. The number of urea groups is 1. The molecule has 5 nitrogen and oxygen atoms in total. The lowest BCUT2D eigenvalue weighted by molar-refractivity contribution is -0.147. The van der Waals surface area contributed by atoms with Crippen LogP contribution in [0.3, 0.4) is 0 Å². The van der Waals surface area contributed by atoms with E-state index in [9.17, 15) is 9.59 Å². The average Bonchev–Trinajstić information content (AvgIpc) is 2.38. The number of amides is 2. The predicted octanol–water partition coefficient (Wildman–Crippen LogP) is 2.62. The van der Waals surface area contributed by atoms with Crippen molar-refractivity contribution in [1.29, 1.82) is 0 Å². The molecule has 5 heteroatoms. The number of carboxylic acid groups (broad SMARTS) is 1. The van der Waals surface area contributed by atoms with Crippen molar-refractivity contribution in [1.82, 2.24) is 5.32 Å². The Kier molecular flexibility index (Phi) is 4.92. The van der Waals surface area contributed by atoms with Gasteiger partial charge >= 0.3 is 12.0 Å². The van der Waals surface area contributed by atoms with Crippen LogP contribution in [0.25, 0.3) is 0 Å². The van der Waals surface area contributed by atoms with Gasteiger partial charge in [0.2, 0.25) is 0 Å². The molecule has 1 aromatic rings. The Hall–Kier alpha value is -2.04. The first-order valence-corrected chi connectivity index (χ1v) is 6.22. The first-order valence-electron chi connectivity index (χ1n) is 6.22. The number of carbonyl (C=O) groups excluding carboxylic acids is 1. The highest BCUT2D eigenvalue weighted by Gasteiger charge is 2.31. The van der Waals surface area contributed by atoms with Gasteiger partial charge in [-0.3, -0.25) is 4.79 Å². The van der Waals surface area contributed by atoms with Gasteiger partial charge < -0.3 is 15.7 Å². The quantitative estimate of drug-likeness (QED) is 0.765. The van der Waals surface area contributed by atoms with Crippen LogP contribution in [0.5, 0.6) is 0 Å². The smallest absolute Gasteiger partial charge is 0.319 e. The molecule has 0 spiro atoms. The minimum atomic E-state index is -0.940. The van der Waals surface area contributed by atoms with Gasteiger partial charge in [-0.05, 0) is 32.4 Å². The number of nitrogens with one attached hydrogen (secondary N) is 2. The van der Waals surface area contributed by atoms with E-state index in [0.717, 1.165) is 5.56 Å². The van der Waals surface area contributed by atoms with Crippen LogP contribution in [-0.2, 0) is 4.79 Å². The van der Waals surface area contributed by atoms with Crippen LogP contribution in [-0.4, -0.2) is 23.7 Å². The molecule has 1 rings (SSSR count). The first kappa shape index (κ1) is 15.0. The molecule has 0 heterocycles. The average molecular weight is 264 g/mol. The summed E-state index contributed by atoms with van der Waals surface area (Å²) in [6.07, 6.45) is 0.452. The molecule has 0 bridgehead atoms. The number of hydrogen-bond donors (Lipinski definition) is 3. The molecule has 104 valence electrons. The highest BCUT2D eigenvalue weighted by atomic mass is 16.4.